The highest BCUT2D eigenvalue weighted by molar-refractivity contribution is 6.05. The fourth-order valence-electron chi connectivity index (χ4n) is 2.67. The van der Waals surface area contributed by atoms with Crippen LogP contribution in [0.25, 0.3) is 11.5 Å². The van der Waals surface area contributed by atoms with Crippen LogP contribution in [-0.4, -0.2) is 42.5 Å². The largest absolute Gasteiger partial charge is 0.479 e. The molecule has 3 heterocycles. The number of ether oxygens (including phenoxy) is 1. The molecule has 0 unspecified atom stereocenters. The van der Waals surface area contributed by atoms with Crippen molar-refractivity contribution in [2.75, 3.05) is 12.4 Å². The smallest absolute Gasteiger partial charge is 0.263 e. The Morgan fingerprint density at radius 3 is 2.85 bits per heavy atom. The fourth-order valence-corrected chi connectivity index (χ4v) is 2.67. The zero-order valence-electron chi connectivity index (χ0n) is 15.9. The van der Waals surface area contributed by atoms with Crippen LogP contribution in [0, 0.1) is 0 Å². The van der Waals surface area contributed by atoms with Crippen LogP contribution >= 0.6 is 0 Å². The molecule has 9 nitrogen and oxygen atoms in total. The second kappa shape index (κ2) is 7.98. The van der Waals surface area contributed by atoms with Gasteiger partial charge in [0.05, 0.1) is 7.11 Å². The summed E-state index contributed by atoms with van der Waals surface area (Å²) >= 11 is 0. The number of anilines is 1. The number of carbonyl (C=O) groups is 1. The molecule has 0 aromatic carbocycles. The number of nitrogens with zero attached hydrogens (tertiary/aromatic N) is 6. The Bertz CT molecular complexity index is 929. The number of methoxy groups -OCH3 is 1. The van der Waals surface area contributed by atoms with E-state index in [0.717, 1.165) is 6.42 Å². The van der Waals surface area contributed by atoms with Gasteiger partial charge in [-0.3, -0.25) is 9.48 Å². The van der Waals surface area contributed by atoms with Crippen LogP contribution in [0.15, 0.2) is 30.7 Å². The van der Waals surface area contributed by atoms with Crippen molar-refractivity contribution in [3.8, 4) is 17.4 Å². The third-order valence-corrected chi connectivity index (χ3v) is 3.97. The van der Waals surface area contributed by atoms with Crippen LogP contribution < -0.4 is 10.1 Å². The Morgan fingerprint density at radius 2 is 2.15 bits per heavy atom. The lowest BCUT2D eigenvalue weighted by Crippen LogP contribution is -2.14. The first-order chi connectivity index (χ1) is 13.0. The highest BCUT2D eigenvalue weighted by atomic mass is 16.5. The summed E-state index contributed by atoms with van der Waals surface area (Å²) in [4.78, 5) is 17.2. The van der Waals surface area contributed by atoms with Crippen LogP contribution in [0.1, 0.15) is 43.6 Å². The molecular formula is C18H23N7O2. The molecule has 0 atom stereocenters. The number of hydrogen-bond acceptors (Lipinski definition) is 6. The second-order valence-electron chi connectivity index (χ2n) is 6.33. The van der Waals surface area contributed by atoms with Crippen molar-refractivity contribution < 1.29 is 9.53 Å². The molecule has 0 aliphatic heterocycles. The molecule has 0 radical (unpaired) electrons. The molecule has 27 heavy (non-hydrogen) atoms. The van der Waals surface area contributed by atoms with Crippen LogP contribution in [0.2, 0.25) is 0 Å². The third-order valence-electron chi connectivity index (χ3n) is 3.97. The Morgan fingerprint density at radius 1 is 1.33 bits per heavy atom. The normalized spacial score (nSPS) is 11.0. The second-order valence-corrected chi connectivity index (χ2v) is 6.33. The van der Waals surface area contributed by atoms with Crippen molar-refractivity contribution in [2.45, 2.75) is 39.8 Å². The maximum atomic E-state index is 12.7. The van der Waals surface area contributed by atoms with Gasteiger partial charge in [-0.2, -0.15) is 0 Å². The number of hydrogen-bond donors (Lipinski definition) is 1. The Labute approximate surface area is 157 Å². The van der Waals surface area contributed by atoms with E-state index in [1.807, 2.05) is 37.5 Å². The van der Waals surface area contributed by atoms with E-state index in [1.165, 1.54) is 7.11 Å². The number of aromatic nitrogens is 6. The molecule has 0 fully saturated rings. The molecular weight excluding hydrogens is 346 g/mol. The minimum absolute atomic E-state index is 0.198. The average Bonchev–Trinajstić information content (AvgIpc) is 3.29. The van der Waals surface area contributed by atoms with Gasteiger partial charge in [0, 0.05) is 18.8 Å². The van der Waals surface area contributed by atoms with E-state index in [9.17, 15) is 4.79 Å². The average molecular weight is 369 g/mol. The molecule has 0 saturated heterocycles. The van der Waals surface area contributed by atoms with Crippen molar-refractivity contribution in [3.05, 3.63) is 36.3 Å². The van der Waals surface area contributed by atoms with Gasteiger partial charge in [0.15, 0.2) is 5.82 Å². The highest BCUT2D eigenvalue weighted by Gasteiger charge is 2.18. The van der Waals surface area contributed by atoms with Crippen LogP contribution in [0.4, 0.5) is 5.82 Å². The third kappa shape index (κ3) is 3.97. The fraction of sp³-hybridized carbons (Fsp3) is 0.389. The SMILES string of the molecule is CCCn1cc(C(=O)Nc2cccc(-c3nncn3C(C)C)n2)c(OC)n1. The van der Waals surface area contributed by atoms with Gasteiger partial charge in [-0.15, -0.1) is 15.3 Å². The molecule has 0 saturated carbocycles. The lowest BCUT2D eigenvalue weighted by atomic mass is 10.3. The lowest BCUT2D eigenvalue weighted by molar-refractivity contribution is 0.102. The quantitative estimate of drug-likeness (QED) is 0.687. The number of carbonyl (C=O) groups excluding carboxylic acids is 1. The molecule has 3 rings (SSSR count). The summed E-state index contributed by atoms with van der Waals surface area (Å²) in [6.45, 7) is 6.83. The Hall–Kier alpha value is -3.23. The van der Waals surface area contributed by atoms with Gasteiger partial charge in [0.25, 0.3) is 5.91 Å². The topological polar surface area (TPSA) is 99.8 Å². The van der Waals surface area contributed by atoms with E-state index in [-0.39, 0.29) is 17.8 Å². The van der Waals surface area contributed by atoms with Gasteiger partial charge in [-0.05, 0) is 32.4 Å². The van der Waals surface area contributed by atoms with Gasteiger partial charge in [-0.1, -0.05) is 13.0 Å². The Balaban J connectivity index is 1.84. The summed E-state index contributed by atoms with van der Waals surface area (Å²) in [7, 11) is 1.49. The molecule has 1 amide bonds. The zero-order chi connectivity index (χ0) is 19.4. The summed E-state index contributed by atoms with van der Waals surface area (Å²) in [5.41, 5.74) is 0.996. The van der Waals surface area contributed by atoms with E-state index in [2.05, 4.69) is 25.6 Å². The van der Waals surface area contributed by atoms with Crippen molar-refractivity contribution >= 4 is 11.7 Å². The number of amides is 1. The highest BCUT2D eigenvalue weighted by Crippen LogP contribution is 2.21. The van der Waals surface area contributed by atoms with Gasteiger partial charge in [0.1, 0.15) is 23.4 Å². The van der Waals surface area contributed by atoms with Crippen LogP contribution in [0.3, 0.4) is 0 Å². The van der Waals surface area contributed by atoms with Gasteiger partial charge in [0.2, 0.25) is 5.88 Å². The molecule has 9 heteroatoms. The molecule has 0 aliphatic carbocycles. The van der Waals surface area contributed by atoms with Gasteiger partial charge >= 0.3 is 0 Å². The maximum Gasteiger partial charge on any atom is 0.263 e. The predicted octanol–water partition coefficient (Wildman–Crippen LogP) is 2.79. The van der Waals surface area contributed by atoms with Crippen molar-refractivity contribution in [2.24, 2.45) is 0 Å². The van der Waals surface area contributed by atoms with E-state index >= 15 is 0 Å². The van der Waals surface area contributed by atoms with Gasteiger partial charge < -0.3 is 14.6 Å². The first kappa shape index (κ1) is 18.6. The molecule has 0 bridgehead atoms. The van der Waals surface area contributed by atoms with E-state index < -0.39 is 0 Å². The molecule has 1 N–H and O–H groups in total. The van der Waals surface area contributed by atoms with Crippen molar-refractivity contribution in [1.29, 1.82) is 0 Å². The minimum atomic E-state index is -0.329. The van der Waals surface area contributed by atoms with Crippen LogP contribution in [0.5, 0.6) is 5.88 Å². The summed E-state index contributed by atoms with van der Waals surface area (Å²) in [6, 6.07) is 5.57. The summed E-state index contributed by atoms with van der Waals surface area (Å²) < 4.78 is 8.84. The van der Waals surface area contributed by atoms with Crippen molar-refractivity contribution in [3.63, 3.8) is 0 Å². The van der Waals surface area contributed by atoms with Crippen molar-refractivity contribution in [1.82, 2.24) is 29.5 Å². The number of nitrogens with one attached hydrogen (secondary N) is 1. The first-order valence-electron chi connectivity index (χ1n) is 8.83. The standard InChI is InChI=1S/C18H23N7O2/c1-5-9-24-10-13(18(23-24)27-4)17(26)21-15-8-6-7-14(20-15)16-22-19-11-25(16)12(2)3/h6-8,10-12H,5,9H2,1-4H3,(H,20,21,26). The lowest BCUT2D eigenvalue weighted by Gasteiger charge is -2.10. The maximum absolute atomic E-state index is 12.7. The van der Waals surface area contributed by atoms with Gasteiger partial charge in [-0.25, -0.2) is 4.98 Å². The monoisotopic (exact) mass is 369 g/mol. The van der Waals surface area contributed by atoms with E-state index in [1.54, 1.807) is 23.3 Å². The predicted molar refractivity (Wildman–Crippen MR) is 101 cm³/mol. The first-order valence-corrected chi connectivity index (χ1v) is 8.83. The molecule has 0 spiro atoms. The van der Waals surface area contributed by atoms with Crippen LogP contribution in [-0.2, 0) is 6.54 Å². The molecule has 0 aliphatic rings. The van der Waals surface area contributed by atoms with E-state index in [4.69, 9.17) is 4.74 Å². The summed E-state index contributed by atoms with van der Waals surface area (Å²) in [5, 5.41) is 15.2. The minimum Gasteiger partial charge on any atom is -0.479 e. The Kier molecular flexibility index (Phi) is 5.49. The van der Waals surface area contributed by atoms with E-state index in [0.29, 0.717) is 29.4 Å². The molecule has 3 aromatic rings. The summed E-state index contributed by atoms with van der Waals surface area (Å²) in [5.74, 6) is 1.02. The summed E-state index contributed by atoms with van der Waals surface area (Å²) in [6.07, 6.45) is 4.25. The number of aryl methyl sites for hydroxylation is 1. The zero-order valence-corrected chi connectivity index (χ0v) is 15.9. The molecule has 142 valence electrons. The molecule has 3 aromatic heterocycles. The number of pyridine rings is 1. The number of rotatable bonds is 7.